The number of rotatable bonds is 5. The van der Waals surface area contributed by atoms with Gasteiger partial charge in [0.05, 0.1) is 16.3 Å². The van der Waals surface area contributed by atoms with Crippen molar-refractivity contribution in [2.75, 3.05) is 5.32 Å². The van der Waals surface area contributed by atoms with Gasteiger partial charge in [0, 0.05) is 31.0 Å². The highest BCUT2D eigenvalue weighted by molar-refractivity contribution is 7.13. The summed E-state index contributed by atoms with van der Waals surface area (Å²) in [6.07, 6.45) is 5.24. The van der Waals surface area contributed by atoms with Crippen molar-refractivity contribution in [3.63, 3.8) is 0 Å². The summed E-state index contributed by atoms with van der Waals surface area (Å²) in [5, 5.41) is 13.8. The molecular weight excluding hydrogens is 370 g/mol. The SMILES string of the molecule is Cc1cc(NC(=O)/C=C/c2cn(-c3ccccc3)nc2-c2cccs2)n(C)n1. The number of nitrogens with one attached hydrogen (secondary N) is 1. The first-order valence-corrected chi connectivity index (χ1v) is 9.67. The van der Waals surface area contributed by atoms with Gasteiger partial charge < -0.3 is 5.32 Å². The molecule has 1 N–H and O–H groups in total. The molecule has 1 aromatic carbocycles. The monoisotopic (exact) mass is 389 g/mol. The Morgan fingerprint density at radius 1 is 1.14 bits per heavy atom. The number of amides is 1. The predicted molar refractivity (Wildman–Crippen MR) is 112 cm³/mol. The largest absolute Gasteiger partial charge is 0.307 e. The Bertz CT molecular complexity index is 1120. The summed E-state index contributed by atoms with van der Waals surface area (Å²) in [6.45, 7) is 1.89. The number of benzene rings is 1. The van der Waals surface area contributed by atoms with Crippen molar-refractivity contribution >= 4 is 29.1 Å². The Morgan fingerprint density at radius 3 is 2.64 bits per heavy atom. The number of aromatic nitrogens is 4. The molecule has 0 saturated carbocycles. The molecule has 0 spiro atoms. The van der Waals surface area contributed by atoms with Crippen LogP contribution in [0.3, 0.4) is 0 Å². The van der Waals surface area contributed by atoms with Crippen LogP contribution in [-0.4, -0.2) is 25.5 Å². The van der Waals surface area contributed by atoms with Crippen molar-refractivity contribution < 1.29 is 4.79 Å². The van der Waals surface area contributed by atoms with Crippen LogP contribution >= 0.6 is 11.3 Å². The molecule has 4 aromatic rings. The standard InChI is InChI=1S/C21H19N5OS/c1-15-13-19(25(2)23-15)22-20(27)11-10-16-14-26(17-7-4-3-5-8-17)24-21(16)18-9-6-12-28-18/h3-14H,1-2H3,(H,22,27)/b11-10+. The number of carbonyl (C=O) groups excluding carboxylic acids is 1. The van der Waals surface area contributed by atoms with Gasteiger partial charge in [-0.3, -0.25) is 9.48 Å². The summed E-state index contributed by atoms with van der Waals surface area (Å²) in [6, 6.07) is 15.8. The molecule has 0 aliphatic rings. The van der Waals surface area contributed by atoms with Crippen LogP contribution in [-0.2, 0) is 11.8 Å². The molecule has 0 aliphatic heterocycles. The van der Waals surface area contributed by atoms with Gasteiger partial charge in [-0.1, -0.05) is 24.3 Å². The fourth-order valence-corrected chi connectivity index (χ4v) is 3.62. The van der Waals surface area contributed by atoms with E-state index in [-0.39, 0.29) is 5.91 Å². The average Bonchev–Trinajstić information content (AvgIpc) is 3.41. The fourth-order valence-electron chi connectivity index (χ4n) is 2.89. The smallest absolute Gasteiger partial charge is 0.249 e. The zero-order valence-corrected chi connectivity index (χ0v) is 16.4. The Kier molecular flexibility index (Phi) is 4.90. The summed E-state index contributed by atoms with van der Waals surface area (Å²) >= 11 is 1.62. The maximum absolute atomic E-state index is 12.4. The van der Waals surface area contributed by atoms with Crippen LogP contribution in [0.5, 0.6) is 0 Å². The van der Waals surface area contributed by atoms with E-state index in [0.29, 0.717) is 5.82 Å². The second-order valence-electron chi connectivity index (χ2n) is 6.31. The first-order valence-electron chi connectivity index (χ1n) is 8.79. The number of thiophene rings is 1. The number of carbonyl (C=O) groups is 1. The molecular formula is C21H19N5OS. The van der Waals surface area contributed by atoms with E-state index in [0.717, 1.165) is 27.5 Å². The predicted octanol–water partition coefficient (Wildman–Crippen LogP) is 4.29. The quantitative estimate of drug-likeness (QED) is 0.518. The lowest BCUT2D eigenvalue weighted by atomic mass is 10.2. The summed E-state index contributed by atoms with van der Waals surface area (Å²) in [4.78, 5) is 13.4. The van der Waals surface area contributed by atoms with Crippen LogP contribution in [0.25, 0.3) is 22.3 Å². The summed E-state index contributed by atoms with van der Waals surface area (Å²) in [5.74, 6) is 0.443. The van der Waals surface area contributed by atoms with Gasteiger partial charge >= 0.3 is 0 Å². The molecule has 0 aliphatic carbocycles. The Labute approximate surface area is 166 Å². The van der Waals surface area contributed by atoms with E-state index in [1.807, 2.05) is 71.7 Å². The van der Waals surface area contributed by atoms with Crippen molar-refractivity contribution in [1.82, 2.24) is 19.6 Å². The second kappa shape index (κ2) is 7.66. The minimum absolute atomic E-state index is 0.215. The molecule has 3 aromatic heterocycles. The van der Waals surface area contributed by atoms with Gasteiger partial charge in [0.15, 0.2) is 0 Å². The molecule has 140 valence electrons. The van der Waals surface area contributed by atoms with E-state index in [4.69, 9.17) is 5.10 Å². The van der Waals surface area contributed by atoms with Gasteiger partial charge in [-0.25, -0.2) is 4.68 Å². The topological polar surface area (TPSA) is 64.7 Å². The lowest BCUT2D eigenvalue weighted by Gasteiger charge is -2.01. The van der Waals surface area contributed by atoms with Crippen LogP contribution in [0.1, 0.15) is 11.3 Å². The normalized spacial score (nSPS) is 11.2. The number of aryl methyl sites for hydroxylation is 2. The van der Waals surface area contributed by atoms with E-state index in [2.05, 4.69) is 10.4 Å². The average molecular weight is 389 g/mol. The minimum Gasteiger partial charge on any atom is -0.307 e. The molecule has 0 bridgehead atoms. The fraction of sp³-hybridized carbons (Fsp3) is 0.0952. The minimum atomic E-state index is -0.215. The van der Waals surface area contributed by atoms with Crippen LogP contribution in [0.2, 0.25) is 0 Å². The lowest BCUT2D eigenvalue weighted by molar-refractivity contribution is -0.111. The first kappa shape index (κ1) is 17.9. The molecule has 0 saturated heterocycles. The number of anilines is 1. The number of nitrogens with zero attached hydrogens (tertiary/aromatic N) is 4. The molecule has 0 radical (unpaired) electrons. The van der Waals surface area contributed by atoms with E-state index in [1.54, 1.807) is 29.1 Å². The third-order valence-electron chi connectivity index (χ3n) is 4.19. The lowest BCUT2D eigenvalue weighted by Crippen LogP contribution is -2.11. The van der Waals surface area contributed by atoms with Gasteiger partial charge in [-0.05, 0) is 36.6 Å². The molecule has 0 unspecified atom stereocenters. The van der Waals surface area contributed by atoms with Crippen molar-refractivity contribution in [3.05, 3.63) is 77.4 Å². The zero-order valence-electron chi connectivity index (χ0n) is 15.5. The van der Waals surface area contributed by atoms with Crippen LogP contribution in [0.15, 0.2) is 66.2 Å². The number of hydrogen-bond acceptors (Lipinski definition) is 4. The van der Waals surface area contributed by atoms with E-state index in [9.17, 15) is 4.79 Å². The molecule has 3 heterocycles. The van der Waals surface area contributed by atoms with Gasteiger partial charge in [-0.2, -0.15) is 10.2 Å². The third-order valence-corrected chi connectivity index (χ3v) is 5.06. The first-order chi connectivity index (χ1) is 13.6. The molecule has 4 rings (SSSR count). The molecule has 28 heavy (non-hydrogen) atoms. The molecule has 0 fully saturated rings. The van der Waals surface area contributed by atoms with E-state index >= 15 is 0 Å². The Balaban J connectivity index is 1.62. The number of hydrogen-bond donors (Lipinski definition) is 1. The van der Waals surface area contributed by atoms with Crippen LogP contribution in [0.4, 0.5) is 5.82 Å². The van der Waals surface area contributed by atoms with Crippen molar-refractivity contribution in [3.8, 4) is 16.3 Å². The zero-order chi connectivity index (χ0) is 19.5. The molecule has 6 nitrogen and oxygen atoms in total. The summed E-state index contributed by atoms with van der Waals surface area (Å²) < 4.78 is 3.47. The molecule has 7 heteroatoms. The van der Waals surface area contributed by atoms with Gasteiger partial charge in [-0.15, -0.1) is 11.3 Å². The van der Waals surface area contributed by atoms with Gasteiger partial charge in [0.1, 0.15) is 11.5 Å². The second-order valence-corrected chi connectivity index (χ2v) is 7.26. The van der Waals surface area contributed by atoms with E-state index in [1.165, 1.54) is 6.08 Å². The van der Waals surface area contributed by atoms with Gasteiger partial charge in [0.2, 0.25) is 5.91 Å². The highest BCUT2D eigenvalue weighted by Crippen LogP contribution is 2.28. The van der Waals surface area contributed by atoms with Gasteiger partial charge in [0.25, 0.3) is 0 Å². The Hall–Kier alpha value is -3.45. The molecule has 0 atom stereocenters. The van der Waals surface area contributed by atoms with Crippen LogP contribution < -0.4 is 5.32 Å². The van der Waals surface area contributed by atoms with Crippen LogP contribution in [0, 0.1) is 6.92 Å². The van der Waals surface area contributed by atoms with Crippen molar-refractivity contribution in [1.29, 1.82) is 0 Å². The maximum Gasteiger partial charge on any atom is 0.249 e. The molecule has 1 amide bonds. The Morgan fingerprint density at radius 2 is 1.96 bits per heavy atom. The van der Waals surface area contributed by atoms with Crippen molar-refractivity contribution in [2.45, 2.75) is 6.92 Å². The highest BCUT2D eigenvalue weighted by atomic mass is 32.1. The van der Waals surface area contributed by atoms with E-state index < -0.39 is 0 Å². The third kappa shape index (κ3) is 3.79. The summed E-state index contributed by atoms with van der Waals surface area (Å²) in [5.41, 5.74) is 3.54. The highest BCUT2D eigenvalue weighted by Gasteiger charge is 2.12. The number of para-hydroxylation sites is 1. The summed E-state index contributed by atoms with van der Waals surface area (Å²) in [7, 11) is 1.80. The van der Waals surface area contributed by atoms with Crippen molar-refractivity contribution in [2.24, 2.45) is 7.05 Å². The maximum atomic E-state index is 12.4.